The van der Waals surface area contributed by atoms with Gasteiger partial charge in [-0.05, 0) is 36.8 Å². The molecule has 0 aliphatic carbocycles. The molecular weight excluding hydrogens is 557 g/mol. The first-order valence-corrected chi connectivity index (χ1v) is 14.0. The molecule has 31 heavy (non-hydrogen) atoms. The van der Waals surface area contributed by atoms with Gasteiger partial charge in [0.15, 0.2) is 6.54 Å². The average molecular weight is 579 g/mol. The minimum Gasteiger partial charge on any atom is -0.427 e. The molecule has 0 saturated heterocycles. The van der Waals surface area contributed by atoms with Crippen molar-refractivity contribution in [1.82, 2.24) is 0 Å². The molecule has 0 spiro atoms. The van der Waals surface area contributed by atoms with Crippen molar-refractivity contribution in [2.45, 2.75) is 38.1 Å². The van der Waals surface area contributed by atoms with E-state index in [9.17, 15) is 8.42 Å². The van der Waals surface area contributed by atoms with Gasteiger partial charge >= 0.3 is 0 Å². The molecular formula is C19H22IN3O6S2. The fraction of sp³-hybridized carbons (Fsp3) is 0.263. The number of nitrogens with one attached hydrogen (secondary N) is 1. The lowest BCUT2D eigenvalue weighted by molar-refractivity contribution is -1.73. The van der Waals surface area contributed by atoms with E-state index in [2.05, 4.69) is 53.2 Å². The second-order valence-corrected chi connectivity index (χ2v) is 10.1. The van der Waals surface area contributed by atoms with Crippen molar-refractivity contribution in [2.75, 3.05) is 5.43 Å². The van der Waals surface area contributed by atoms with Gasteiger partial charge in [0, 0.05) is 25.1 Å². The van der Waals surface area contributed by atoms with Gasteiger partial charge in [-0.3, -0.25) is 9.98 Å². The largest absolute Gasteiger partial charge is 0.427 e. The number of para-hydroxylation sites is 1. The van der Waals surface area contributed by atoms with Crippen LogP contribution < -0.4 is 41.4 Å². The maximum Gasteiger partial charge on any atom is 0.294 e. The molecule has 1 aromatic heterocycles. The van der Waals surface area contributed by atoms with E-state index in [1.165, 1.54) is 27.4 Å². The molecule has 12 heteroatoms. The molecule has 0 unspecified atom stereocenters. The molecule has 3 rings (SSSR count). The summed E-state index contributed by atoms with van der Waals surface area (Å²) in [5, 5.41) is 5.72. The lowest BCUT2D eigenvalue weighted by atomic mass is 10.2. The summed E-state index contributed by atoms with van der Waals surface area (Å²) < 4.78 is 60.5. The van der Waals surface area contributed by atoms with Crippen LogP contribution in [0.15, 0.2) is 58.5 Å². The standard InChI is InChI=1S/C19H21N3O3S2.IO3/c1-3-15(20-21-16-8-10-17(11-9-16)27(23,24)25)12-13-22-14(2)26-19-7-5-4-6-18(19)22;2-1(3)4/h4-11,21H,3,12-13H2,1-2H3;/q;-1/p+1. The van der Waals surface area contributed by atoms with Crippen molar-refractivity contribution in [3.8, 4) is 0 Å². The van der Waals surface area contributed by atoms with Gasteiger partial charge in [-0.2, -0.15) is 18.1 Å². The van der Waals surface area contributed by atoms with Crippen LogP contribution in [0.5, 0.6) is 0 Å². The maximum atomic E-state index is 11.1. The van der Waals surface area contributed by atoms with Gasteiger partial charge in [0.05, 0.1) is 10.6 Å². The van der Waals surface area contributed by atoms with E-state index in [0.717, 1.165) is 25.1 Å². The van der Waals surface area contributed by atoms with Crippen molar-refractivity contribution in [1.29, 1.82) is 0 Å². The van der Waals surface area contributed by atoms with E-state index in [-0.39, 0.29) is 4.90 Å². The van der Waals surface area contributed by atoms with Gasteiger partial charge in [-0.25, -0.2) is 0 Å². The summed E-state index contributed by atoms with van der Waals surface area (Å²) in [6.07, 6.45) is 1.64. The zero-order chi connectivity index (χ0) is 23.0. The first-order valence-electron chi connectivity index (χ1n) is 9.11. The van der Waals surface area contributed by atoms with Gasteiger partial charge in [0.25, 0.3) is 31.2 Å². The molecule has 0 atom stereocenters. The number of halogens is 1. The Labute approximate surface area is 193 Å². The van der Waals surface area contributed by atoms with Crippen molar-refractivity contribution >= 4 is 43.1 Å². The minimum atomic E-state index is -4.18. The summed E-state index contributed by atoms with van der Waals surface area (Å²) >= 11 is -2.22. The molecule has 9 nitrogen and oxygen atoms in total. The quantitative estimate of drug-likeness (QED) is 0.103. The summed E-state index contributed by atoms with van der Waals surface area (Å²) in [6, 6.07) is 14.2. The van der Waals surface area contributed by atoms with Crippen LogP contribution in [0.2, 0.25) is 0 Å². The van der Waals surface area contributed by atoms with Crippen LogP contribution in [0, 0.1) is 6.92 Å². The predicted molar refractivity (Wildman–Crippen MR) is 109 cm³/mol. The summed E-state index contributed by atoms with van der Waals surface area (Å²) in [5.74, 6) is 0. The molecule has 0 amide bonds. The summed E-state index contributed by atoms with van der Waals surface area (Å²) in [7, 11) is -4.18. The Kier molecular flexibility index (Phi) is 9.74. The number of nitrogens with zero attached hydrogens (tertiary/aromatic N) is 2. The van der Waals surface area contributed by atoms with Crippen LogP contribution in [-0.2, 0) is 16.7 Å². The number of anilines is 1. The molecule has 2 N–H and O–H groups in total. The minimum absolute atomic E-state index is 0.135. The predicted octanol–water partition coefficient (Wildman–Crippen LogP) is -2.55. The van der Waals surface area contributed by atoms with Gasteiger partial charge in [-0.1, -0.05) is 30.4 Å². The lowest BCUT2D eigenvalue weighted by Crippen LogP contribution is -4.05. The van der Waals surface area contributed by atoms with Crippen LogP contribution >= 0.6 is 11.3 Å². The molecule has 0 bridgehead atoms. The molecule has 0 saturated carbocycles. The smallest absolute Gasteiger partial charge is 0.294 e. The van der Waals surface area contributed by atoms with E-state index >= 15 is 0 Å². The second kappa shape index (κ2) is 11.8. The van der Waals surface area contributed by atoms with Crippen molar-refractivity contribution in [3.05, 3.63) is 53.5 Å². The highest BCUT2D eigenvalue weighted by Crippen LogP contribution is 2.19. The molecule has 168 valence electrons. The number of rotatable bonds is 7. The molecule has 0 aliphatic heterocycles. The highest BCUT2D eigenvalue weighted by atomic mass is 127. The Balaban J connectivity index is 0.000000785. The van der Waals surface area contributed by atoms with Crippen LogP contribution in [-0.4, -0.2) is 18.7 Å². The Morgan fingerprint density at radius 2 is 1.77 bits per heavy atom. The summed E-state index contributed by atoms with van der Waals surface area (Å²) in [4.78, 5) is -0.135. The van der Waals surface area contributed by atoms with Gasteiger partial charge in [0.1, 0.15) is 4.70 Å². The molecule has 0 aliphatic rings. The monoisotopic (exact) mass is 579 g/mol. The second-order valence-electron chi connectivity index (χ2n) is 6.32. The molecule has 2 aromatic carbocycles. The number of hydrogen-bond acceptors (Lipinski definition) is 8. The Morgan fingerprint density at radius 3 is 2.35 bits per heavy atom. The number of fused-ring (bicyclic) bond motifs is 1. The fourth-order valence-corrected chi connectivity index (χ4v) is 4.35. The number of hydrazone groups is 1. The van der Waals surface area contributed by atoms with Crippen molar-refractivity contribution < 1.29 is 48.9 Å². The number of benzene rings is 2. The van der Waals surface area contributed by atoms with E-state index in [4.69, 9.17) is 14.9 Å². The zero-order valence-electron chi connectivity index (χ0n) is 16.8. The van der Waals surface area contributed by atoms with Gasteiger partial charge in [-0.15, -0.1) is 0 Å². The highest BCUT2D eigenvalue weighted by molar-refractivity contribution is 7.85. The lowest BCUT2D eigenvalue weighted by Gasteiger charge is -2.05. The van der Waals surface area contributed by atoms with E-state index in [0.29, 0.717) is 5.69 Å². The fourth-order valence-electron chi connectivity index (χ4n) is 2.83. The topological polar surface area (TPSA) is 152 Å². The number of aryl methyl sites for hydroxylation is 2. The van der Waals surface area contributed by atoms with Crippen LogP contribution in [0.25, 0.3) is 10.2 Å². The maximum absolute atomic E-state index is 11.1. The molecule has 3 aromatic rings. The average Bonchev–Trinajstić information content (AvgIpc) is 3.02. The third-order valence-corrected chi connectivity index (χ3v) is 6.27. The number of hydrogen-bond donors (Lipinski definition) is 2. The van der Waals surface area contributed by atoms with Crippen LogP contribution in [0.3, 0.4) is 0 Å². The summed E-state index contributed by atoms with van der Waals surface area (Å²) in [5.41, 5.74) is 5.89. The number of thiazole rings is 1. The number of aromatic nitrogens is 1. The van der Waals surface area contributed by atoms with Crippen molar-refractivity contribution in [3.63, 3.8) is 0 Å². The zero-order valence-corrected chi connectivity index (χ0v) is 20.6. The molecule has 1 heterocycles. The first kappa shape index (κ1) is 25.6. The highest BCUT2D eigenvalue weighted by Gasteiger charge is 2.16. The third kappa shape index (κ3) is 8.07. The first-order chi connectivity index (χ1) is 14.6. The summed E-state index contributed by atoms with van der Waals surface area (Å²) in [6.45, 7) is 5.04. The van der Waals surface area contributed by atoms with Gasteiger partial charge < -0.3 is 10.3 Å². The normalized spacial score (nSPS) is 12.0. The third-order valence-electron chi connectivity index (χ3n) is 4.32. The SMILES string of the molecule is CCC(CC[n+]1c(C)sc2ccccc21)=NNc1ccc(S(=O)(=O)O)cc1.[O-][I+2]([O-])[O-]. The van der Waals surface area contributed by atoms with Crippen LogP contribution in [0.1, 0.15) is 24.8 Å². The molecule has 0 fully saturated rings. The Bertz CT molecular complexity index is 1130. The van der Waals surface area contributed by atoms with Gasteiger partial charge in [0.2, 0.25) is 10.5 Å². The Hall–Kier alpha value is -1.68. The van der Waals surface area contributed by atoms with E-state index in [1.807, 2.05) is 0 Å². The van der Waals surface area contributed by atoms with Crippen molar-refractivity contribution in [2.24, 2.45) is 5.10 Å². The molecule has 0 radical (unpaired) electrons. The Morgan fingerprint density at radius 1 is 1.16 bits per heavy atom. The van der Waals surface area contributed by atoms with Crippen LogP contribution in [0.4, 0.5) is 5.69 Å². The van der Waals surface area contributed by atoms with E-state index in [1.54, 1.807) is 23.5 Å². The van der Waals surface area contributed by atoms with E-state index < -0.39 is 31.2 Å².